The third kappa shape index (κ3) is 10.6. The molecule has 2 N–H and O–H groups in total. The lowest BCUT2D eigenvalue weighted by molar-refractivity contribution is 0.290. The highest BCUT2D eigenvalue weighted by Gasteiger charge is 1.75. The molecule has 0 aliphatic heterocycles. The lowest BCUT2D eigenvalue weighted by Gasteiger charge is -1.82. The fourth-order valence-electron chi connectivity index (χ4n) is 0.650. The van der Waals surface area contributed by atoms with Gasteiger partial charge in [0.05, 0.1) is 12.8 Å². The van der Waals surface area contributed by atoms with Crippen molar-refractivity contribution >= 4 is 0 Å². The predicted octanol–water partition coefficient (Wildman–Crippen LogP) is 0.542. The van der Waals surface area contributed by atoms with Crippen molar-refractivity contribution in [2.24, 2.45) is 0 Å². The minimum Gasteiger partial charge on any atom is -0.396 e. The summed E-state index contributed by atoms with van der Waals surface area (Å²) in [6.07, 6.45) is 2.48. The van der Waals surface area contributed by atoms with Gasteiger partial charge in [0.2, 0.25) is 0 Å². The van der Waals surface area contributed by atoms with Crippen molar-refractivity contribution in [3.63, 3.8) is 0 Å². The first kappa shape index (κ1) is 12.6. The molecule has 0 heterocycles. The number of hydrogen-bond donors (Lipinski definition) is 2. The maximum atomic E-state index is 8.46. The van der Waals surface area contributed by atoms with E-state index < -0.39 is 0 Å². The fourth-order valence-corrected chi connectivity index (χ4v) is 0.650. The van der Waals surface area contributed by atoms with Crippen molar-refractivity contribution in [3.05, 3.63) is 0 Å². The molecule has 0 aromatic rings. The molecule has 0 saturated heterocycles. The van der Waals surface area contributed by atoms with Crippen molar-refractivity contribution in [2.45, 2.75) is 25.7 Å². The van der Waals surface area contributed by atoms with Crippen LogP contribution in [0.3, 0.4) is 0 Å². The van der Waals surface area contributed by atoms with Crippen LogP contribution in [0.4, 0.5) is 0 Å². The van der Waals surface area contributed by atoms with Gasteiger partial charge in [0.1, 0.15) is 6.61 Å². The highest BCUT2D eigenvalue weighted by Crippen LogP contribution is 1.83. The number of aliphatic hydroxyl groups excluding tert-OH is 2. The third-order valence-electron chi connectivity index (χ3n) is 1.27. The quantitative estimate of drug-likeness (QED) is 0.493. The molecule has 0 rings (SSSR count). The summed E-state index contributed by atoms with van der Waals surface area (Å²) in [4.78, 5) is 0. The average Bonchev–Trinajstić information content (AvgIpc) is 2.21. The zero-order valence-electron chi connectivity index (χ0n) is 8.14. The molecular formula is C12H14O2. The van der Waals surface area contributed by atoms with Crippen LogP contribution in [-0.4, -0.2) is 23.4 Å². The van der Waals surface area contributed by atoms with Crippen molar-refractivity contribution in [3.8, 4) is 35.5 Å². The number of rotatable bonds is 2. The molecule has 74 valence electrons. The lowest BCUT2D eigenvalue weighted by atomic mass is 10.3. The van der Waals surface area contributed by atoms with Crippen molar-refractivity contribution in [1.82, 2.24) is 0 Å². The smallest absolute Gasteiger partial charge is 0.104 e. The fraction of sp³-hybridized carbons (Fsp3) is 0.500. The predicted molar refractivity (Wildman–Crippen MR) is 56.0 cm³/mol. The van der Waals surface area contributed by atoms with Crippen molar-refractivity contribution < 1.29 is 10.2 Å². The first-order chi connectivity index (χ1) is 6.91. The molecule has 0 unspecified atom stereocenters. The zero-order chi connectivity index (χ0) is 10.5. The van der Waals surface area contributed by atoms with Crippen LogP contribution in [0, 0.1) is 35.5 Å². The Morgan fingerprint density at radius 1 is 0.714 bits per heavy atom. The van der Waals surface area contributed by atoms with Crippen LogP contribution in [0.1, 0.15) is 25.7 Å². The van der Waals surface area contributed by atoms with Gasteiger partial charge >= 0.3 is 0 Å². The number of hydrogen-bond acceptors (Lipinski definition) is 2. The van der Waals surface area contributed by atoms with Gasteiger partial charge in [-0.2, -0.15) is 0 Å². The van der Waals surface area contributed by atoms with Gasteiger partial charge in [-0.15, -0.1) is 5.92 Å². The van der Waals surface area contributed by atoms with E-state index in [0.29, 0.717) is 12.8 Å². The second-order valence-electron chi connectivity index (χ2n) is 2.40. The first-order valence-electron chi connectivity index (χ1n) is 4.50. The van der Waals surface area contributed by atoms with Crippen molar-refractivity contribution in [2.75, 3.05) is 13.2 Å². The van der Waals surface area contributed by atoms with E-state index in [2.05, 4.69) is 35.5 Å². The molecule has 0 aromatic carbocycles. The molecule has 0 aromatic heterocycles. The highest BCUT2D eigenvalue weighted by atomic mass is 16.3. The standard InChI is InChI=1S/C12H14O2/c13-11-9-7-5-3-1-2-4-6-8-10-12-14/h13-14H,1,6-7,9,11-12H2. The summed E-state index contributed by atoms with van der Waals surface area (Å²) in [5, 5.41) is 16.8. The summed E-state index contributed by atoms with van der Waals surface area (Å²) >= 11 is 0. The molecule has 0 fully saturated rings. The van der Waals surface area contributed by atoms with E-state index in [4.69, 9.17) is 10.2 Å². The van der Waals surface area contributed by atoms with Gasteiger partial charge in [0.25, 0.3) is 0 Å². The van der Waals surface area contributed by atoms with Crippen LogP contribution in [0.25, 0.3) is 0 Å². The Labute approximate surface area is 85.3 Å². The van der Waals surface area contributed by atoms with E-state index in [-0.39, 0.29) is 13.2 Å². The van der Waals surface area contributed by atoms with Crippen molar-refractivity contribution in [1.29, 1.82) is 0 Å². The molecule has 2 nitrogen and oxygen atoms in total. The molecule has 0 saturated carbocycles. The second kappa shape index (κ2) is 11.6. The van der Waals surface area contributed by atoms with Crippen LogP contribution < -0.4 is 0 Å². The van der Waals surface area contributed by atoms with E-state index in [1.165, 1.54) is 0 Å². The van der Waals surface area contributed by atoms with Crippen LogP contribution in [0.2, 0.25) is 0 Å². The zero-order valence-corrected chi connectivity index (χ0v) is 8.14. The number of aliphatic hydroxyl groups is 2. The van der Waals surface area contributed by atoms with Gasteiger partial charge in [-0.25, -0.2) is 0 Å². The minimum absolute atomic E-state index is 0.108. The van der Waals surface area contributed by atoms with E-state index in [1.807, 2.05) is 0 Å². The van der Waals surface area contributed by atoms with Crippen LogP contribution in [-0.2, 0) is 0 Å². The van der Waals surface area contributed by atoms with Gasteiger partial charge in [-0.1, -0.05) is 29.6 Å². The summed E-state index contributed by atoms with van der Waals surface area (Å²) in [5.74, 6) is 16.7. The Morgan fingerprint density at radius 2 is 1.29 bits per heavy atom. The second-order valence-corrected chi connectivity index (χ2v) is 2.40. The summed E-state index contributed by atoms with van der Waals surface area (Å²) in [6, 6.07) is 0. The summed E-state index contributed by atoms with van der Waals surface area (Å²) in [6.45, 7) is 0.0831. The largest absolute Gasteiger partial charge is 0.396 e. The van der Waals surface area contributed by atoms with Gasteiger partial charge in [-0.3, -0.25) is 0 Å². The van der Waals surface area contributed by atoms with E-state index in [9.17, 15) is 0 Å². The Balaban J connectivity index is 3.45. The molecule has 0 spiro atoms. The normalized spacial score (nSPS) is 7.29. The molecule has 14 heavy (non-hydrogen) atoms. The molecule has 0 radical (unpaired) electrons. The van der Waals surface area contributed by atoms with Gasteiger partial charge in [-0.05, 0) is 6.42 Å². The molecule has 0 aliphatic rings. The molecule has 0 aliphatic carbocycles. The first-order valence-corrected chi connectivity index (χ1v) is 4.50. The van der Waals surface area contributed by atoms with Crippen LogP contribution >= 0.6 is 0 Å². The van der Waals surface area contributed by atoms with Gasteiger partial charge < -0.3 is 10.2 Å². The van der Waals surface area contributed by atoms with Gasteiger partial charge in [0.15, 0.2) is 0 Å². The molecular weight excluding hydrogens is 176 g/mol. The Morgan fingerprint density at radius 3 is 1.86 bits per heavy atom. The Hall–Kier alpha value is -1.40. The van der Waals surface area contributed by atoms with E-state index >= 15 is 0 Å². The molecule has 2 heteroatoms. The molecule has 0 bridgehead atoms. The van der Waals surface area contributed by atoms with Crippen LogP contribution in [0.15, 0.2) is 0 Å². The number of unbranched alkanes of at least 4 members (excludes halogenated alkanes) is 1. The van der Waals surface area contributed by atoms with E-state index in [1.54, 1.807) is 0 Å². The summed E-state index contributed by atoms with van der Waals surface area (Å²) in [5.41, 5.74) is 0. The SMILES string of the molecule is OCC#CCC#CCC#CCCCO. The minimum atomic E-state index is -0.108. The summed E-state index contributed by atoms with van der Waals surface area (Å²) in [7, 11) is 0. The monoisotopic (exact) mass is 190 g/mol. The summed E-state index contributed by atoms with van der Waals surface area (Å²) < 4.78 is 0. The lowest BCUT2D eigenvalue weighted by Crippen LogP contribution is -1.78. The molecule has 0 atom stereocenters. The average molecular weight is 190 g/mol. The third-order valence-corrected chi connectivity index (χ3v) is 1.27. The topological polar surface area (TPSA) is 40.5 Å². The maximum Gasteiger partial charge on any atom is 0.104 e. The Bertz CT molecular complexity index is 298. The van der Waals surface area contributed by atoms with Gasteiger partial charge in [0, 0.05) is 13.0 Å². The Kier molecular flexibility index (Phi) is 10.4. The van der Waals surface area contributed by atoms with Crippen LogP contribution in [0.5, 0.6) is 0 Å². The molecule has 0 amide bonds. The maximum absolute atomic E-state index is 8.46. The highest BCUT2D eigenvalue weighted by molar-refractivity contribution is 5.16. The van der Waals surface area contributed by atoms with E-state index in [0.717, 1.165) is 12.8 Å².